The van der Waals surface area contributed by atoms with Crippen LogP contribution < -0.4 is 14.8 Å². The van der Waals surface area contributed by atoms with Crippen LogP contribution in [0.1, 0.15) is 43.5 Å². The van der Waals surface area contributed by atoms with E-state index in [0.29, 0.717) is 53.6 Å². The Balaban J connectivity index is 1.51. The molecule has 0 unspecified atom stereocenters. The number of para-hydroxylation sites is 1. The normalized spacial score (nSPS) is 14.9. The number of anilines is 1. The Labute approximate surface area is 163 Å². The minimum atomic E-state index is -0.503. The van der Waals surface area contributed by atoms with E-state index in [0.717, 1.165) is 0 Å². The number of nitrogens with one attached hydrogen (secondary N) is 1. The molecule has 6 heteroatoms. The number of carbonyl (C=O) groups excluding carboxylic acids is 2. The minimum absolute atomic E-state index is 0.0190. The van der Waals surface area contributed by atoms with Gasteiger partial charge in [0.1, 0.15) is 17.1 Å². The molecule has 0 aromatic heterocycles. The molecule has 0 fully saturated rings. The standard InChI is InChI=1S/C21H22ClNO4/c1-21(2)13-17(24)15-12-14(9-10-18(15)27-21)23-20(25)8-5-11-26-19-7-4-3-6-16(19)22/h3-4,6-7,9-10,12H,5,8,11,13H2,1-2H3,(H,23,25). The molecule has 0 radical (unpaired) electrons. The van der Waals surface area contributed by atoms with Gasteiger partial charge in [0.25, 0.3) is 0 Å². The summed E-state index contributed by atoms with van der Waals surface area (Å²) in [5.74, 6) is 1.05. The first kappa shape index (κ1) is 19.2. The van der Waals surface area contributed by atoms with Crippen molar-refractivity contribution < 1.29 is 19.1 Å². The van der Waals surface area contributed by atoms with Crippen molar-refractivity contribution in [1.29, 1.82) is 0 Å². The second-order valence-electron chi connectivity index (χ2n) is 7.10. The molecule has 1 aliphatic rings. The van der Waals surface area contributed by atoms with Crippen LogP contribution in [0.15, 0.2) is 42.5 Å². The van der Waals surface area contributed by atoms with Crippen LogP contribution in [0.2, 0.25) is 5.02 Å². The van der Waals surface area contributed by atoms with Gasteiger partial charge in [-0.05, 0) is 50.6 Å². The van der Waals surface area contributed by atoms with Gasteiger partial charge in [0.2, 0.25) is 5.91 Å². The molecule has 2 aromatic carbocycles. The number of hydrogen-bond acceptors (Lipinski definition) is 4. The second-order valence-corrected chi connectivity index (χ2v) is 7.51. The number of amides is 1. The summed E-state index contributed by atoms with van der Waals surface area (Å²) in [6.45, 7) is 4.16. The summed E-state index contributed by atoms with van der Waals surface area (Å²) < 4.78 is 11.4. The van der Waals surface area contributed by atoms with Crippen molar-refractivity contribution in [1.82, 2.24) is 0 Å². The Bertz CT molecular complexity index is 863. The SMILES string of the molecule is CC1(C)CC(=O)c2cc(NC(=O)CCCOc3ccccc3Cl)ccc2O1. The van der Waals surface area contributed by atoms with E-state index < -0.39 is 5.60 Å². The van der Waals surface area contributed by atoms with Crippen molar-refractivity contribution in [3.05, 3.63) is 53.1 Å². The molecular weight excluding hydrogens is 366 g/mol. The number of benzene rings is 2. The number of ether oxygens (including phenoxy) is 2. The summed E-state index contributed by atoms with van der Waals surface area (Å²) in [4.78, 5) is 24.4. The quantitative estimate of drug-likeness (QED) is 0.717. The largest absolute Gasteiger partial charge is 0.492 e. The van der Waals surface area contributed by atoms with Gasteiger partial charge < -0.3 is 14.8 Å². The highest BCUT2D eigenvalue weighted by Gasteiger charge is 2.32. The lowest BCUT2D eigenvalue weighted by Crippen LogP contribution is -2.35. The first-order valence-electron chi connectivity index (χ1n) is 8.87. The average Bonchev–Trinajstić information content (AvgIpc) is 2.60. The molecule has 3 rings (SSSR count). The minimum Gasteiger partial charge on any atom is -0.492 e. The Hall–Kier alpha value is -2.53. The summed E-state index contributed by atoms with van der Waals surface area (Å²) >= 11 is 6.02. The van der Waals surface area contributed by atoms with Gasteiger partial charge in [0, 0.05) is 12.1 Å². The highest BCUT2D eigenvalue weighted by atomic mass is 35.5. The smallest absolute Gasteiger partial charge is 0.224 e. The predicted octanol–water partition coefficient (Wildman–Crippen LogP) is 4.88. The molecule has 1 heterocycles. The number of ketones is 1. The van der Waals surface area contributed by atoms with E-state index in [-0.39, 0.29) is 11.7 Å². The fraction of sp³-hybridized carbons (Fsp3) is 0.333. The molecule has 0 aliphatic carbocycles. The van der Waals surface area contributed by atoms with Crippen LogP contribution in [0.3, 0.4) is 0 Å². The molecule has 0 saturated heterocycles. The summed E-state index contributed by atoms with van der Waals surface area (Å²) in [6, 6.07) is 12.4. The van der Waals surface area contributed by atoms with Gasteiger partial charge in [-0.3, -0.25) is 9.59 Å². The average molecular weight is 388 g/mol. The van der Waals surface area contributed by atoms with Gasteiger partial charge in [-0.15, -0.1) is 0 Å². The summed E-state index contributed by atoms with van der Waals surface area (Å²) in [6.07, 6.45) is 1.17. The molecule has 1 N–H and O–H groups in total. The maximum Gasteiger partial charge on any atom is 0.224 e. The molecule has 0 bridgehead atoms. The molecule has 5 nitrogen and oxygen atoms in total. The topological polar surface area (TPSA) is 64.6 Å². The van der Waals surface area contributed by atoms with E-state index in [1.54, 1.807) is 30.3 Å². The lowest BCUT2D eigenvalue weighted by atomic mass is 9.93. The third-order valence-electron chi connectivity index (χ3n) is 4.18. The van der Waals surface area contributed by atoms with Gasteiger partial charge in [-0.2, -0.15) is 0 Å². The first-order valence-corrected chi connectivity index (χ1v) is 9.25. The molecule has 0 spiro atoms. The van der Waals surface area contributed by atoms with E-state index in [1.807, 2.05) is 26.0 Å². The number of hydrogen-bond donors (Lipinski definition) is 1. The lowest BCUT2D eigenvalue weighted by molar-refractivity contribution is -0.116. The monoisotopic (exact) mass is 387 g/mol. The van der Waals surface area contributed by atoms with Crippen molar-refractivity contribution in [2.75, 3.05) is 11.9 Å². The van der Waals surface area contributed by atoms with Gasteiger partial charge in [-0.1, -0.05) is 23.7 Å². The van der Waals surface area contributed by atoms with Crippen LogP contribution in [-0.2, 0) is 4.79 Å². The maximum atomic E-state index is 12.3. The fourth-order valence-corrected chi connectivity index (χ4v) is 3.12. The Morgan fingerprint density at radius 3 is 2.81 bits per heavy atom. The van der Waals surface area contributed by atoms with Crippen LogP contribution in [0.25, 0.3) is 0 Å². The van der Waals surface area contributed by atoms with Crippen LogP contribution in [-0.4, -0.2) is 23.9 Å². The van der Waals surface area contributed by atoms with Gasteiger partial charge >= 0.3 is 0 Å². The number of Topliss-reactive ketones (excluding diaryl/α,β-unsaturated/α-hetero) is 1. The molecule has 1 aliphatic heterocycles. The molecule has 2 aromatic rings. The van der Waals surface area contributed by atoms with Gasteiger partial charge in [0.15, 0.2) is 5.78 Å². The summed E-state index contributed by atoms with van der Waals surface area (Å²) in [7, 11) is 0. The molecule has 142 valence electrons. The zero-order valence-corrected chi connectivity index (χ0v) is 16.1. The molecule has 0 atom stereocenters. The first-order chi connectivity index (χ1) is 12.8. The lowest BCUT2D eigenvalue weighted by Gasteiger charge is -2.31. The molecular formula is C21H22ClNO4. The highest BCUT2D eigenvalue weighted by molar-refractivity contribution is 6.32. The maximum absolute atomic E-state index is 12.3. The Morgan fingerprint density at radius 1 is 1.26 bits per heavy atom. The van der Waals surface area contributed by atoms with E-state index in [4.69, 9.17) is 21.1 Å². The molecule has 0 saturated carbocycles. The molecule has 1 amide bonds. The third kappa shape index (κ3) is 5.01. The fourth-order valence-electron chi connectivity index (χ4n) is 2.93. The Kier molecular flexibility index (Phi) is 5.71. The second kappa shape index (κ2) is 8.01. The number of halogens is 1. The summed E-state index contributed by atoms with van der Waals surface area (Å²) in [5.41, 5.74) is 0.591. The zero-order chi connectivity index (χ0) is 19.4. The van der Waals surface area contributed by atoms with Gasteiger partial charge in [-0.25, -0.2) is 0 Å². The zero-order valence-electron chi connectivity index (χ0n) is 15.4. The predicted molar refractivity (Wildman–Crippen MR) is 105 cm³/mol. The van der Waals surface area contributed by atoms with Crippen LogP contribution >= 0.6 is 11.6 Å². The van der Waals surface area contributed by atoms with Crippen molar-refractivity contribution in [3.63, 3.8) is 0 Å². The van der Waals surface area contributed by atoms with E-state index >= 15 is 0 Å². The van der Waals surface area contributed by atoms with Crippen molar-refractivity contribution in [3.8, 4) is 11.5 Å². The highest BCUT2D eigenvalue weighted by Crippen LogP contribution is 2.34. The number of rotatable bonds is 6. The van der Waals surface area contributed by atoms with E-state index in [9.17, 15) is 9.59 Å². The Morgan fingerprint density at radius 2 is 2.04 bits per heavy atom. The van der Waals surface area contributed by atoms with Crippen molar-refractivity contribution in [2.45, 2.75) is 38.7 Å². The third-order valence-corrected chi connectivity index (χ3v) is 4.49. The van der Waals surface area contributed by atoms with Gasteiger partial charge in [0.05, 0.1) is 23.6 Å². The van der Waals surface area contributed by atoms with Crippen LogP contribution in [0.4, 0.5) is 5.69 Å². The summed E-state index contributed by atoms with van der Waals surface area (Å²) in [5, 5.41) is 3.36. The van der Waals surface area contributed by atoms with Crippen molar-refractivity contribution >= 4 is 29.0 Å². The van der Waals surface area contributed by atoms with E-state index in [1.165, 1.54) is 0 Å². The van der Waals surface area contributed by atoms with Crippen LogP contribution in [0.5, 0.6) is 11.5 Å². The number of carbonyl (C=O) groups is 2. The number of fused-ring (bicyclic) bond motifs is 1. The van der Waals surface area contributed by atoms with Crippen molar-refractivity contribution in [2.24, 2.45) is 0 Å². The molecule has 27 heavy (non-hydrogen) atoms. The van der Waals surface area contributed by atoms with E-state index in [2.05, 4.69) is 5.32 Å². The van der Waals surface area contributed by atoms with Crippen LogP contribution in [0, 0.1) is 0 Å².